The van der Waals surface area contributed by atoms with Gasteiger partial charge in [-0.15, -0.1) is 0 Å². The molecular formula is C15H20O4. The van der Waals surface area contributed by atoms with Gasteiger partial charge in [-0.2, -0.15) is 0 Å². The van der Waals surface area contributed by atoms with Crippen molar-refractivity contribution >= 4 is 5.78 Å². The maximum absolute atomic E-state index is 11.2. The molecule has 0 spiro atoms. The van der Waals surface area contributed by atoms with Gasteiger partial charge in [0.15, 0.2) is 0 Å². The highest BCUT2D eigenvalue weighted by atomic mass is 16.5. The summed E-state index contributed by atoms with van der Waals surface area (Å²) in [6.07, 6.45) is 1.38. The fraction of sp³-hybridized carbons (Fsp3) is 0.533. The van der Waals surface area contributed by atoms with Crippen LogP contribution in [0.5, 0.6) is 11.5 Å². The third kappa shape index (κ3) is 2.89. The van der Waals surface area contributed by atoms with Crippen molar-refractivity contribution in [1.29, 1.82) is 0 Å². The number of benzene rings is 1. The molecule has 0 radical (unpaired) electrons. The van der Waals surface area contributed by atoms with Crippen LogP contribution in [0.2, 0.25) is 0 Å². The van der Waals surface area contributed by atoms with Gasteiger partial charge in [-0.1, -0.05) is 0 Å². The summed E-state index contributed by atoms with van der Waals surface area (Å²) in [5, 5.41) is 0. The maximum atomic E-state index is 11.2. The van der Waals surface area contributed by atoms with Gasteiger partial charge < -0.3 is 19.0 Å². The van der Waals surface area contributed by atoms with E-state index in [9.17, 15) is 4.79 Å². The molecule has 1 aliphatic heterocycles. The molecule has 1 fully saturated rings. The number of ketones is 1. The van der Waals surface area contributed by atoms with Crippen LogP contribution in [0.15, 0.2) is 18.2 Å². The summed E-state index contributed by atoms with van der Waals surface area (Å²) in [5.41, 5.74) is 1.05. The number of methoxy groups -OCH3 is 2. The molecule has 1 aliphatic rings. The van der Waals surface area contributed by atoms with Crippen LogP contribution in [0.4, 0.5) is 0 Å². The topological polar surface area (TPSA) is 44.8 Å². The van der Waals surface area contributed by atoms with Crippen LogP contribution >= 0.6 is 0 Å². The van der Waals surface area contributed by atoms with Crippen molar-refractivity contribution in [3.05, 3.63) is 23.8 Å². The average Bonchev–Trinajstić information content (AvgIpc) is 2.36. The fourth-order valence-electron chi connectivity index (χ4n) is 2.33. The van der Waals surface area contributed by atoms with E-state index in [4.69, 9.17) is 14.2 Å². The summed E-state index contributed by atoms with van der Waals surface area (Å²) in [6.45, 7) is 2.92. The first-order chi connectivity index (χ1) is 9.09. The minimum atomic E-state index is -0.0759. The summed E-state index contributed by atoms with van der Waals surface area (Å²) in [5.74, 6) is 1.74. The van der Waals surface area contributed by atoms with E-state index < -0.39 is 0 Å². The third-order valence-corrected chi connectivity index (χ3v) is 3.68. The predicted octanol–water partition coefficient (Wildman–Crippen LogP) is 2.34. The maximum Gasteiger partial charge on any atom is 0.129 e. The molecule has 0 N–H and O–H groups in total. The predicted molar refractivity (Wildman–Crippen MR) is 72.0 cm³/mol. The minimum absolute atomic E-state index is 0.0759. The van der Waals surface area contributed by atoms with E-state index in [0.717, 1.165) is 23.5 Å². The first-order valence-electron chi connectivity index (χ1n) is 6.40. The lowest BCUT2D eigenvalue weighted by Gasteiger charge is -2.42. The SMILES string of the molecule is COc1cc(OC)cc(C2(CCC(C)=O)COC2)c1. The number of hydrogen-bond donors (Lipinski definition) is 0. The molecule has 0 bridgehead atoms. The van der Waals surface area contributed by atoms with Crippen LogP contribution in [0.1, 0.15) is 25.3 Å². The molecule has 104 valence electrons. The molecule has 1 aromatic carbocycles. The first-order valence-corrected chi connectivity index (χ1v) is 6.40. The number of carbonyl (C=O) groups excluding carboxylic acids is 1. The average molecular weight is 264 g/mol. The lowest BCUT2D eigenvalue weighted by Crippen LogP contribution is -2.47. The molecule has 1 heterocycles. The molecular weight excluding hydrogens is 244 g/mol. The van der Waals surface area contributed by atoms with Gasteiger partial charge in [-0.3, -0.25) is 0 Å². The van der Waals surface area contributed by atoms with Crippen molar-refractivity contribution < 1.29 is 19.0 Å². The second-order valence-corrected chi connectivity index (χ2v) is 5.08. The van der Waals surface area contributed by atoms with Crippen LogP contribution < -0.4 is 9.47 Å². The second-order valence-electron chi connectivity index (χ2n) is 5.08. The van der Waals surface area contributed by atoms with E-state index in [0.29, 0.717) is 19.6 Å². The standard InChI is InChI=1S/C15H20O4/c1-11(16)4-5-15(9-19-10-15)12-6-13(17-2)8-14(7-12)18-3/h6-8H,4-5,9-10H2,1-3H3. The summed E-state index contributed by atoms with van der Waals surface area (Å²) in [6, 6.07) is 5.86. The van der Waals surface area contributed by atoms with Gasteiger partial charge in [0.25, 0.3) is 0 Å². The number of rotatable bonds is 6. The van der Waals surface area contributed by atoms with Gasteiger partial charge in [-0.05, 0) is 31.0 Å². The Morgan fingerprint density at radius 2 is 1.79 bits per heavy atom. The Hall–Kier alpha value is -1.55. The number of carbonyl (C=O) groups is 1. The van der Waals surface area contributed by atoms with Gasteiger partial charge in [0.2, 0.25) is 0 Å². The Morgan fingerprint density at radius 1 is 1.21 bits per heavy atom. The zero-order chi connectivity index (χ0) is 13.9. The first kappa shape index (κ1) is 13.9. The summed E-state index contributed by atoms with van der Waals surface area (Å²) >= 11 is 0. The fourth-order valence-corrected chi connectivity index (χ4v) is 2.33. The highest BCUT2D eigenvalue weighted by Gasteiger charge is 2.40. The Balaban J connectivity index is 2.29. The van der Waals surface area contributed by atoms with Crippen molar-refractivity contribution in [2.24, 2.45) is 0 Å². The molecule has 0 amide bonds. The number of ether oxygens (including phenoxy) is 3. The molecule has 19 heavy (non-hydrogen) atoms. The molecule has 0 atom stereocenters. The van der Waals surface area contributed by atoms with Gasteiger partial charge in [0.05, 0.1) is 27.4 Å². The van der Waals surface area contributed by atoms with Gasteiger partial charge in [-0.25, -0.2) is 0 Å². The molecule has 4 heteroatoms. The van der Waals surface area contributed by atoms with Crippen molar-refractivity contribution in [2.45, 2.75) is 25.2 Å². The lowest BCUT2D eigenvalue weighted by atomic mass is 9.74. The van der Waals surface area contributed by atoms with Crippen LogP contribution in [0.3, 0.4) is 0 Å². The van der Waals surface area contributed by atoms with Gasteiger partial charge in [0, 0.05) is 17.9 Å². The third-order valence-electron chi connectivity index (χ3n) is 3.68. The van der Waals surface area contributed by atoms with Gasteiger partial charge >= 0.3 is 0 Å². The number of Topliss-reactive ketones (excluding diaryl/α,β-unsaturated/α-hetero) is 1. The smallest absolute Gasteiger partial charge is 0.129 e. The zero-order valence-corrected chi connectivity index (χ0v) is 11.7. The molecule has 1 saturated heterocycles. The monoisotopic (exact) mass is 264 g/mol. The summed E-state index contributed by atoms with van der Waals surface area (Å²) < 4.78 is 16.0. The molecule has 0 aromatic heterocycles. The lowest BCUT2D eigenvalue weighted by molar-refractivity contribution is -0.119. The van der Waals surface area contributed by atoms with Gasteiger partial charge in [0.1, 0.15) is 17.3 Å². The van der Waals surface area contributed by atoms with E-state index in [2.05, 4.69) is 0 Å². The highest BCUT2D eigenvalue weighted by molar-refractivity contribution is 5.75. The van der Waals surface area contributed by atoms with Crippen molar-refractivity contribution in [3.8, 4) is 11.5 Å². The molecule has 0 saturated carbocycles. The minimum Gasteiger partial charge on any atom is -0.497 e. The van der Waals surface area contributed by atoms with Crippen LogP contribution in [-0.4, -0.2) is 33.2 Å². The van der Waals surface area contributed by atoms with E-state index in [-0.39, 0.29) is 11.2 Å². The molecule has 0 aliphatic carbocycles. The highest BCUT2D eigenvalue weighted by Crippen LogP contribution is 2.40. The van der Waals surface area contributed by atoms with E-state index in [1.807, 2.05) is 18.2 Å². The molecule has 4 nitrogen and oxygen atoms in total. The zero-order valence-electron chi connectivity index (χ0n) is 11.7. The molecule has 2 rings (SSSR count). The quantitative estimate of drug-likeness (QED) is 0.791. The van der Waals surface area contributed by atoms with E-state index >= 15 is 0 Å². The Morgan fingerprint density at radius 3 is 2.16 bits per heavy atom. The van der Waals surface area contributed by atoms with Crippen molar-refractivity contribution in [3.63, 3.8) is 0 Å². The number of hydrogen-bond acceptors (Lipinski definition) is 4. The summed E-state index contributed by atoms with van der Waals surface area (Å²) in [7, 11) is 3.27. The Kier molecular flexibility index (Phi) is 4.10. The normalized spacial score (nSPS) is 16.6. The van der Waals surface area contributed by atoms with E-state index in [1.165, 1.54) is 0 Å². The van der Waals surface area contributed by atoms with Crippen LogP contribution in [0, 0.1) is 0 Å². The Bertz CT molecular complexity index is 441. The summed E-state index contributed by atoms with van der Waals surface area (Å²) in [4.78, 5) is 11.2. The van der Waals surface area contributed by atoms with Crippen LogP contribution in [0.25, 0.3) is 0 Å². The van der Waals surface area contributed by atoms with Crippen molar-refractivity contribution in [2.75, 3.05) is 27.4 Å². The molecule has 1 aromatic rings. The largest absolute Gasteiger partial charge is 0.497 e. The molecule has 0 unspecified atom stereocenters. The van der Waals surface area contributed by atoms with E-state index in [1.54, 1.807) is 21.1 Å². The Labute approximate surface area is 113 Å². The van der Waals surface area contributed by atoms with Crippen LogP contribution in [-0.2, 0) is 14.9 Å². The van der Waals surface area contributed by atoms with Crippen molar-refractivity contribution in [1.82, 2.24) is 0 Å². The second kappa shape index (κ2) is 5.61.